The number of hydrogen-bond acceptors (Lipinski definition) is 2. The zero-order valence-electron chi connectivity index (χ0n) is 6.53. The van der Waals surface area contributed by atoms with Crippen LogP contribution in [-0.4, -0.2) is 23.2 Å². The van der Waals surface area contributed by atoms with Gasteiger partial charge in [-0.2, -0.15) is 0 Å². The van der Waals surface area contributed by atoms with Gasteiger partial charge >= 0.3 is 0 Å². The van der Waals surface area contributed by atoms with Gasteiger partial charge in [-0.1, -0.05) is 0 Å². The van der Waals surface area contributed by atoms with Gasteiger partial charge in [0.15, 0.2) is 5.96 Å². The number of rotatable bonds is 1. The summed E-state index contributed by atoms with van der Waals surface area (Å²) in [6.45, 7) is 0. The summed E-state index contributed by atoms with van der Waals surface area (Å²) < 4.78 is 0. The first-order valence-corrected chi connectivity index (χ1v) is 3.95. The van der Waals surface area contributed by atoms with Crippen LogP contribution in [0.2, 0.25) is 0 Å². The molecule has 0 aromatic heterocycles. The lowest BCUT2D eigenvalue weighted by Crippen LogP contribution is -2.29. The predicted molar refractivity (Wildman–Crippen MR) is 44.1 cm³/mol. The van der Waals surface area contributed by atoms with Crippen LogP contribution in [-0.2, 0) is 0 Å². The third-order valence-electron chi connectivity index (χ3n) is 1.95. The molecule has 1 rings (SSSR count). The number of hydrogen-bond donors (Lipinski definition) is 3. The molecule has 0 saturated heterocycles. The highest BCUT2D eigenvalue weighted by atomic mass is 16.3. The van der Waals surface area contributed by atoms with Crippen molar-refractivity contribution in [2.45, 2.75) is 37.8 Å². The summed E-state index contributed by atoms with van der Waals surface area (Å²) in [4.78, 5) is 4.00. The Labute approximate surface area is 66.3 Å². The van der Waals surface area contributed by atoms with Gasteiger partial charge in [-0.05, 0) is 25.7 Å². The molecule has 1 saturated carbocycles. The molecule has 0 heterocycles. The molecule has 11 heavy (non-hydrogen) atoms. The SMILES string of the molecule is NC(N)=N[C@H]1CCC[C@H](O)C1. The van der Waals surface area contributed by atoms with Gasteiger partial charge in [0.25, 0.3) is 0 Å². The molecule has 0 aromatic carbocycles. The quantitative estimate of drug-likeness (QED) is 0.356. The Kier molecular flexibility index (Phi) is 2.70. The van der Waals surface area contributed by atoms with E-state index in [1.165, 1.54) is 0 Å². The predicted octanol–water partition coefficient (Wildman–Crippen LogP) is -0.437. The van der Waals surface area contributed by atoms with Crippen molar-refractivity contribution >= 4 is 5.96 Å². The first-order valence-electron chi connectivity index (χ1n) is 3.95. The summed E-state index contributed by atoms with van der Waals surface area (Å²) in [5.41, 5.74) is 10.4. The standard InChI is InChI=1S/C7H15N3O/c8-7(9)10-5-2-1-3-6(11)4-5/h5-6,11H,1-4H2,(H4,8,9,10)/t5-,6-/m0/s1. The molecule has 5 N–H and O–H groups in total. The molecule has 4 heteroatoms. The fourth-order valence-corrected chi connectivity index (χ4v) is 1.47. The molecule has 0 unspecified atom stereocenters. The Balaban J connectivity index is 2.40. The van der Waals surface area contributed by atoms with Crippen molar-refractivity contribution < 1.29 is 5.11 Å². The molecule has 1 aliphatic rings. The summed E-state index contributed by atoms with van der Waals surface area (Å²) in [7, 11) is 0. The average molecular weight is 157 g/mol. The molecule has 0 amide bonds. The van der Waals surface area contributed by atoms with Crippen LogP contribution in [0.1, 0.15) is 25.7 Å². The summed E-state index contributed by atoms with van der Waals surface area (Å²) in [6.07, 6.45) is 3.39. The number of nitrogens with zero attached hydrogens (tertiary/aromatic N) is 1. The van der Waals surface area contributed by atoms with Gasteiger partial charge < -0.3 is 16.6 Å². The van der Waals surface area contributed by atoms with Crippen LogP contribution in [0.25, 0.3) is 0 Å². The molecule has 0 spiro atoms. The first-order chi connectivity index (χ1) is 5.18. The second kappa shape index (κ2) is 3.57. The Bertz CT molecular complexity index is 154. The number of aliphatic hydroxyl groups excluding tert-OH is 1. The van der Waals surface area contributed by atoms with Crippen molar-refractivity contribution in [2.75, 3.05) is 0 Å². The van der Waals surface area contributed by atoms with Crippen molar-refractivity contribution in [3.63, 3.8) is 0 Å². The number of aliphatic imine (C=N–C) groups is 1. The fourth-order valence-electron chi connectivity index (χ4n) is 1.47. The second-order valence-electron chi connectivity index (χ2n) is 3.03. The molecule has 64 valence electrons. The summed E-state index contributed by atoms with van der Waals surface area (Å²) in [6, 6.07) is 0.142. The van der Waals surface area contributed by atoms with Crippen molar-refractivity contribution in [1.29, 1.82) is 0 Å². The highest BCUT2D eigenvalue weighted by Crippen LogP contribution is 2.20. The van der Waals surface area contributed by atoms with Crippen LogP contribution in [0.3, 0.4) is 0 Å². The first kappa shape index (κ1) is 8.33. The van der Waals surface area contributed by atoms with Crippen LogP contribution in [0.5, 0.6) is 0 Å². The van der Waals surface area contributed by atoms with Crippen molar-refractivity contribution in [3.05, 3.63) is 0 Å². The van der Waals surface area contributed by atoms with E-state index >= 15 is 0 Å². The van der Waals surface area contributed by atoms with Gasteiger partial charge in [-0.25, -0.2) is 0 Å². The minimum atomic E-state index is -0.211. The zero-order chi connectivity index (χ0) is 8.27. The fraction of sp³-hybridized carbons (Fsp3) is 0.857. The van der Waals surface area contributed by atoms with E-state index in [0.29, 0.717) is 6.42 Å². The van der Waals surface area contributed by atoms with Crippen LogP contribution in [0.4, 0.5) is 0 Å². The minimum absolute atomic E-state index is 0.129. The summed E-state index contributed by atoms with van der Waals surface area (Å²) in [5.74, 6) is 0.129. The Morgan fingerprint density at radius 3 is 2.64 bits per heavy atom. The molecule has 0 bridgehead atoms. The van der Waals surface area contributed by atoms with E-state index in [2.05, 4.69) is 4.99 Å². The zero-order valence-corrected chi connectivity index (χ0v) is 6.53. The van der Waals surface area contributed by atoms with Gasteiger partial charge in [0.2, 0.25) is 0 Å². The topological polar surface area (TPSA) is 84.6 Å². The molecule has 2 atom stereocenters. The van der Waals surface area contributed by atoms with Gasteiger partial charge in [-0.15, -0.1) is 0 Å². The van der Waals surface area contributed by atoms with E-state index in [-0.39, 0.29) is 18.1 Å². The molecule has 0 aromatic rings. The Morgan fingerprint density at radius 2 is 2.09 bits per heavy atom. The lowest BCUT2D eigenvalue weighted by molar-refractivity contribution is 0.121. The van der Waals surface area contributed by atoms with Gasteiger partial charge in [0.05, 0.1) is 12.1 Å². The Morgan fingerprint density at radius 1 is 1.36 bits per heavy atom. The minimum Gasteiger partial charge on any atom is -0.393 e. The normalized spacial score (nSPS) is 31.4. The monoisotopic (exact) mass is 157 g/mol. The van der Waals surface area contributed by atoms with Gasteiger partial charge in [-0.3, -0.25) is 4.99 Å². The molecule has 1 fully saturated rings. The number of aliphatic hydroxyl groups is 1. The van der Waals surface area contributed by atoms with Gasteiger partial charge in [0, 0.05) is 0 Å². The third kappa shape index (κ3) is 2.76. The lowest BCUT2D eigenvalue weighted by Gasteiger charge is -2.22. The van der Waals surface area contributed by atoms with Crippen LogP contribution in [0, 0.1) is 0 Å². The molecular formula is C7H15N3O. The molecule has 0 radical (unpaired) electrons. The van der Waals surface area contributed by atoms with Crippen molar-refractivity contribution in [2.24, 2.45) is 16.5 Å². The van der Waals surface area contributed by atoms with Crippen LogP contribution < -0.4 is 11.5 Å². The lowest BCUT2D eigenvalue weighted by atomic mass is 9.93. The van der Waals surface area contributed by atoms with E-state index in [1.54, 1.807) is 0 Å². The van der Waals surface area contributed by atoms with Crippen molar-refractivity contribution in [1.82, 2.24) is 0 Å². The molecule has 4 nitrogen and oxygen atoms in total. The number of nitrogens with two attached hydrogens (primary N) is 2. The van der Waals surface area contributed by atoms with E-state index in [4.69, 9.17) is 11.5 Å². The average Bonchev–Trinajstić information content (AvgIpc) is 1.85. The van der Waals surface area contributed by atoms with Crippen LogP contribution in [0.15, 0.2) is 4.99 Å². The third-order valence-corrected chi connectivity index (χ3v) is 1.95. The highest BCUT2D eigenvalue weighted by molar-refractivity contribution is 5.75. The molecular weight excluding hydrogens is 142 g/mol. The van der Waals surface area contributed by atoms with E-state index in [1.807, 2.05) is 0 Å². The maximum Gasteiger partial charge on any atom is 0.186 e. The maximum atomic E-state index is 9.24. The molecule has 0 aliphatic heterocycles. The highest BCUT2D eigenvalue weighted by Gasteiger charge is 2.18. The summed E-state index contributed by atoms with van der Waals surface area (Å²) in [5, 5.41) is 9.24. The maximum absolute atomic E-state index is 9.24. The second-order valence-corrected chi connectivity index (χ2v) is 3.03. The largest absolute Gasteiger partial charge is 0.393 e. The van der Waals surface area contributed by atoms with E-state index in [9.17, 15) is 5.11 Å². The van der Waals surface area contributed by atoms with E-state index < -0.39 is 0 Å². The smallest absolute Gasteiger partial charge is 0.186 e. The van der Waals surface area contributed by atoms with E-state index in [0.717, 1.165) is 19.3 Å². The van der Waals surface area contributed by atoms with Gasteiger partial charge in [0.1, 0.15) is 0 Å². The van der Waals surface area contributed by atoms with Crippen LogP contribution >= 0.6 is 0 Å². The Hall–Kier alpha value is -0.770. The molecule has 1 aliphatic carbocycles. The summed E-state index contributed by atoms with van der Waals surface area (Å²) >= 11 is 0. The number of guanidine groups is 1. The van der Waals surface area contributed by atoms with Crippen molar-refractivity contribution in [3.8, 4) is 0 Å².